The van der Waals surface area contributed by atoms with Crippen LogP contribution in [0.25, 0.3) is 11.1 Å². The van der Waals surface area contributed by atoms with Gasteiger partial charge in [-0.3, -0.25) is 0 Å². The molecule has 11 rings (SSSR count). The van der Waals surface area contributed by atoms with Gasteiger partial charge in [-0.1, -0.05) is 115 Å². The minimum atomic E-state index is -0.375. The largest absolute Gasteiger partial charge is 0.316 e. The highest BCUT2D eigenvalue weighted by molar-refractivity contribution is 7.00. The summed E-state index contributed by atoms with van der Waals surface area (Å²) in [6.07, 6.45) is 0. The minimum Gasteiger partial charge on any atom is -0.316 e. The quantitative estimate of drug-likeness (QED) is 0.164. The van der Waals surface area contributed by atoms with Crippen molar-refractivity contribution in [1.82, 2.24) is 0 Å². The van der Waals surface area contributed by atoms with Crippen LogP contribution in [0, 0.1) is 0 Å². The van der Waals surface area contributed by atoms with Crippen molar-refractivity contribution in [3.63, 3.8) is 0 Å². The summed E-state index contributed by atoms with van der Waals surface area (Å²) in [6, 6.07) is 73.2. The zero-order valence-electron chi connectivity index (χ0n) is 31.4. The Hall–Kier alpha value is -6.98. The third-order valence-electron chi connectivity index (χ3n) is 11.8. The maximum Gasteiger partial charge on any atom is 0.252 e. The molecule has 0 saturated carbocycles. The molecule has 0 aliphatic carbocycles. The predicted octanol–water partition coefficient (Wildman–Crippen LogP) is 11.5. The summed E-state index contributed by atoms with van der Waals surface area (Å²) >= 11 is 0. The number of benzene rings is 8. The summed E-state index contributed by atoms with van der Waals surface area (Å²) in [6.45, 7) is 4.72. The second kappa shape index (κ2) is 12.5. The lowest BCUT2D eigenvalue weighted by Gasteiger charge is -2.44. The van der Waals surface area contributed by atoms with E-state index in [9.17, 15) is 0 Å². The van der Waals surface area contributed by atoms with E-state index in [4.69, 9.17) is 0 Å². The first-order chi connectivity index (χ1) is 27.6. The molecule has 0 atom stereocenters. The minimum absolute atomic E-state index is 0.0789. The van der Waals surface area contributed by atoms with Crippen LogP contribution in [0.2, 0.25) is 0 Å². The van der Waals surface area contributed by atoms with Gasteiger partial charge in [0.25, 0.3) is 6.71 Å². The highest BCUT2D eigenvalue weighted by Crippen LogP contribution is 2.54. The highest BCUT2D eigenvalue weighted by atomic mass is 15.5. The average Bonchev–Trinajstić information content (AvgIpc) is 3.49. The third kappa shape index (κ3) is 4.80. The molecular formula is C51H39BN4. The van der Waals surface area contributed by atoms with E-state index in [1.165, 1.54) is 67.3 Å². The molecule has 8 aromatic rings. The fraction of sp³-hybridized carbons (Fsp3) is 0.0588. The topological polar surface area (TPSA) is 13.0 Å². The van der Waals surface area contributed by atoms with Crippen LogP contribution in [0.3, 0.4) is 0 Å². The van der Waals surface area contributed by atoms with Gasteiger partial charge in [-0.25, -0.2) is 0 Å². The van der Waals surface area contributed by atoms with Gasteiger partial charge in [0.1, 0.15) is 5.66 Å². The number of anilines is 10. The van der Waals surface area contributed by atoms with Crippen molar-refractivity contribution < 1.29 is 0 Å². The molecule has 0 bridgehead atoms. The lowest BCUT2D eigenvalue weighted by molar-refractivity contribution is 0.540. The maximum atomic E-state index is 2.50. The summed E-state index contributed by atoms with van der Waals surface area (Å²) in [5, 5.41) is 0. The molecule has 0 fully saturated rings. The van der Waals surface area contributed by atoms with Gasteiger partial charge >= 0.3 is 0 Å². The number of fused-ring (bicyclic) bond motifs is 5. The van der Waals surface area contributed by atoms with Crippen molar-refractivity contribution in [2.45, 2.75) is 19.5 Å². The molecule has 8 aromatic carbocycles. The molecule has 0 amide bonds. The lowest BCUT2D eigenvalue weighted by Crippen LogP contribution is -2.61. The second-order valence-electron chi connectivity index (χ2n) is 15.4. The van der Waals surface area contributed by atoms with Gasteiger partial charge in [0.05, 0.1) is 11.4 Å². The van der Waals surface area contributed by atoms with Gasteiger partial charge in [-0.2, -0.15) is 0 Å². The number of para-hydroxylation sites is 6. The van der Waals surface area contributed by atoms with E-state index in [1.54, 1.807) is 0 Å². The Morgan fingerprint density at radius 3 is 1.21 bits per heavy atom. The van der Waals surface area contributed by atoms with Crippen molar-refractivity contribution in [1.29, 1.82) is 0 Å². The van der Waals surface area contributed by atoms with Gasteiger partial charge < -0.3 is 19.6 Å². The monoisotopic (exact) mass is 718 g/mol. The molecule has 5 heteroatoms. The van der Waals surface area contributed by atoms with E-state index in [1.807, 2.05) is 0 Å². The molecule has 0 saturated heterocycles. The summed E-state index contributed by atoms with van der Waals surface area (Å²) in [7, 11) is 0. The molecule has 0 N–H and O–H groups in total. The van der Waals surface area contributed by atoms with Crippen LogP contribution < -0.4 is 36.0 Å². The molecule has 3 aliphatic heterocycles. The molecule has 4 nitrogen and oxygen atoms in total. The molecule has 56 heavy (non-hydrogen) atoms. The number of hydrogen-bond acceptors (Lipinski definition) is 4. The van der Waals surface area contributed by atoms with Crippen LogP contribution in [0.4, 0.5) is 56.9 Å². The smallest absolute Gasteiger partial charge is 0.252 e. The predicted molar refractivity (Wildman–Crippen MR) is 237 cm³/mol. The van der Waals surface area contributed by atoms with Crippen molar-refractivity contribution in [3.8, 4) is 11.1 Å². The van der Waals surface area contributed by atoms with E-state index in [2.05, 4.69) is 234 Å². The van der Waals surface area contributed by atoms with E-state index in [0.29, 0.717) is 0 Å². The SMILES string of the molecule is CC1(C)N(c2ccccc2)c2ccc(-c3cc4c5c(c3)N(c3ccccc3)c3ccccc3B5c3ccccc3N4c3ccccc3)cc2N1c1ccccc1. The molecule has 0 unspecified atom stereocenters. The standard InChI is InChI=1S/C51H39BN4/c1-51(2)55(40-23-11-5-12-24-40)46-32-31-36(33-47(46)56(51)41-25-13-6-14-26-41)37-34-48-50-49(35-37)54(39-21-9-4-10-22-39)45-30-18-16-28-43(45)52(50)42-27-15-17-29-44(42)53(48)38-19-7-3-8-20-38/h3-35H,1-2H3. The summed E-state index contributed by atoms with van der Waals surface area (Å²) in [5.41, 5.74) is 17.8. The first-order valence-electron chi connectivity index (χ1n) is 19.5. The van der Waals surface area contributed by atoms with Crippen molar-refractivity contribution in [2.24, 2.45) is 0 Å². The number of nitrogens with zero attached hydrogens (tertiary/aromatic N) is 4. The van der Waals surface area contributed by atoms with Crippen molar-refractivity contribution in [2.75, 3.05) is 19.6 Å². The van der Waals surface area contributed by atoms with Crippen molar-refractivity contribution >= 4 is 80.0 Å². The van der Waals surface area contributed by atoms with Gasteiger partial charge in [-0.15, -0.1) is 0 Å². The zero-order valence-corrected chi connectivity index (χ0v) is 31.4. The number of rotatable bonds is 5. The zero-order chi connectivity index (χ0) is 37.4. The Kier molecular flexibility index (Phi) is 7.27. The van der Waals surface area contributed by atoms with E-state index >= 15 is 0 Å². The van der Waals surface area contributed by atoms with E-state index in [0.717, 1.165) is 17.1 Å². The Bertz CT molecular complexity index is 2640. The average molecular weight is 719 g/mol. The Labute approximate surface area is 329 Å². The molecule has 3 aliphatic rings. The van der Waals surface area contributed by atoms with Crippen LogP contribution in [0.1, 0.15) is 13.8 Å². The number of hydrogen-bond donors (Lipinski definition) is 0. The first kappa shape index (κ1) is 32.5. The van der Waals surface area contributed by atoms with Crippen LogP contribution in [-0.2, 0) is 0 Å². The lowest BCUT2D eigenvalue weighted by atomic mass is 9.33. The molecular weight excluding hydrogens is 679 g/mol. The van der Waals surface area contributed by atoms with Gasteiger partial charge in [0.2, 0.25) is 0 Å². The third-order valence-corrected chi connectivity index (χ3v) is 11.8. The molecule has 3 heterocycles. The molecule has 0 aromatic heterocycles. The van der Waals surface area contributed by atoms with Crippen LogP contribution in [0.15, 0.2) is 200 Å². The first-order valence-corrected chi connectivity index (χ1v) is 19.5. The summed E-state index contributed by atoms with van der Waals surface area (Å²) in [5.74, 6) is 0. The fourth-order valence-electron chi connectivity index (χ4n) is 9.60. The van der Waals surface area contributed by atoms with Gasteiger partial charge in [-0.05, 0) is 126 Å². The highest BCUT2D eigenvalue weighted by Gasteiger charge is 2.46. The summed E-state index contributed by atoms with van der Waals surface area (Å²) in [4.78, 5) is 9.93. The van der Waals surface area contributed by atoms with Gasteiger partial charge in [0.15, 0.2) is 0 Å². The Morgan fingerprint density at radius 1 is 0.339 bits per heavy atom. The van der Waals surface area contributed by atoms with Crippen LogP contribution >= 0.6 is 0 Å². The molecule has 0 radical (unpaired) electrons. The second-order valence-corrected chi connectivity index (χ2v) is 15.4. The molecule has 0 spiro atoms. The van der Waals surface area contributed by atoms with E-state index < -0.39 is 0 Å². The van der Waals surface area contributed by atoms with Crippen LogP contribution in [-0.4, -0.2) is 12.4 Å². The van der Waals surface area contributed by atoms with Crippen LogP contribution in [0.5, 0.6) is 0 Å². The fourth-order valence-corrected chi connectivity index (χ4v) is 9.60. The molecule has 266 valence electrons. The Balaban J connectivity index is 1.19. The van der Waals surface area contributed by atoms with E-state index in [-0.39, 0.29) is 12.4 Å². The normalized spacial score (nSPS) is 14.6. The van der Waals surface area contributed by atoms with Crippen molar-refractivity contribution in [3.05, 3.63) is 200 Å². The van der Waals surface area contributed by atoms with Gasteiger partial charge in [0, 0.05) is 45.5 Å². The summed E-state index contributed by atoms with van der Waals surface area (Å²) < 4.78 is 0. The maximum absolute atomic E-state index is 2.50. The Morgan fingerprint density at radius 2 is 0.732 bits per heavy atom.